The third-order valence-electron chi connectivity index (χ3n) is 2.72. The summed E-state index contributed by atoms with van der Waals surface area (Å²) >= 11 is 0. The molecule has 0 spiro atoms. The maximum absolute atomic E-state index is 6.05. The van der Waals surface area contributed by atoms with Gasteiger partial charge in [0.05, 0.1) is 12.6 Å². The highest BCUT2D eigenvalue weighted by molar-refractivity contribution is 4.98. The molecular formula is C10H17N3O2. The second-order valence-corrected chi connectivity index (χ2v) is 4.29. The fourth-order valence-electron chi connectivity index (χ4n) is 1.66. The lowest BCUT2D eigenvalue weighted by molar-refractivity contribution is 0.179. The first-order chi connectivity index (χ1) is 7.18. The molecule has 2 unspecified atom stereocenters. The summed E-state index contributed by atoms with van der Waals surface area (Å²) in [6, 6.07) is -0.163. The minimum Gasteiger partial charge on any atom is -0.381 e. The molecule has 2 atom stereocenters. The van der Waals surface area contributed by atoms with Crippen LogP contribution in [-0.2, 0) is 4.74 Å². The van der Waals surface area contributed by atoms with Gasteiger partial charge in [0.15, 0.2) is 5.82 Å². The molecule has 1 aromatic rings. The molecule has 2 rings (SSSR count). The van der Waals surface area contributed by atoms with Crippen LogP contribution in [0.4, 0.5) is 0 Å². The number of nitrogens with two attached hydrogens (primary N) is 1. The van der Waals surface area contributed by atoms with E-state index in [-0.39, 0.29) is 12.0 Å². The predicted octanol–water partition coefficient (Wildman–Crippen LogP) is 1.23. The molecule has 1 aliphatic rings. The Balaban J connectivity index is 2.07. The molecule has 2 N–H and O–H groups in total. The van der Waals surface area contributed by atoms with Crippen LogP contribution >= 0.6 is 0 Å². The topological polar surface area (TPSA) is 74.2 Å². The van der Waals surface area contributed by atoms with Crippen LogP contribution in [0, 0.1) is 5.92 Å². The van der Waals surface area contributed by atoms with E-state index >= 15 is 0 Å². The van der Waals surface area contributed by atoms with Gasteiger partial charge in [0.2, 0.25) is 5.89 Å². The second kappa shape index (κ2) is 4.28. The Morgan fingerprint density at radius 2 is 2.27 bits per heavy atom. The highest BCUT2D eigenvalue weighted by atomic mass is 16.5. The van der Waals surface area contributed by atoms with Crippen molar-refractivity contribution in [3.63, 3.8) is 0 Å². The molecule has 0 aliphatic carbocycles. The maximum Gasteiger partial charge on any atom is 0.229 e. The number of hydrogen-bond donors (Lipinski definition) is 1. The molecule has 0 bridgehead atoms. The largest absolute Gasteiger partial charge is 0.381 e. The quantitative estimate of drug-likeness (QED) is 0.813. The van der Waals surface area contributed by atoms with Crippen LogP contribution in [0.5, 0.6) is 0 Å². The average Bonchev–Trinajstić information content (AvgIpc) is 2.88. The first kappa shape index (κ1) is 10.6. The zero-order valence-corrected chi connectivity index (χ0v) is 9.14. The van der Waals surface area contributed by atoms with E-state index in [1.807, 2.05) is 13.8 Å². The third-order valence-corrected chi connectivity index (χ3v) is 2.72. The molecule has 84 valence electrons. The lowest BCUT2D eigenvalue weighted by atomic mass is 9.99. The van der Waals surface area contributed by atoms with Crippen molar-refractivity contribution in [2.75, 3.05) is 13.2 Å². The van der Waals surface area contributed by atoms with E-state index in [1.54, 1.807) is 0 Å². The van der Waals surface area contributed by atoms with Gasteiger partial charge in [0, 0.05) is 18.4 Å². The Labute approximate surface area is 89.0 Å². The highest BCUT2D eigenvalue weighted by Gasteiger charge is 2.27. The minimum atomic E-state index is -0.163. The zero-order chi connectivity index (χ0) is 10.8. The lowest BCUT2D eigenvalue weighted by Crippen LogP contribution is -2.22. The van der Waals surface area contributed by atoms with Gasteiger partial charge in [-0.3, -0.25) is 0 Å². The zero-order valence-electron chi connectivity index (χ0n) is 9.14. The number of nitrogens with zero attached hydrogens (tertiary/aromatic N) is 2. The predicted molar refractivity (Wildman–Crippen MR) is 54.2 cm³/mol. The molecule has 1 aliphatic heterocycles. The van der Waals surface area contributed by atoms with Crippen molar-refractivity contribution in [2.45, 2.75) is 32.2 Å². The van der Waals surface area contributed by atoms with Crippen LogP contribution in [0.2, 0.25) is 0 Å². The van der Waals surface area contributed by atoms with E-state index in [2.05, 4.69) is 10.1 Å². The molecule has 0 aromatic carbocycles. The van der Waals surface area contributed by atoms with Crippen molar-refractivity contribution in [1.29, 1.82) is 0 Å². The molecule has 5 nitrogen and oxygen atoms in total. The maximum atomic E-state index is 6.05. The Morgan fingerprint density at radius 3 is 2.80 bits per heavy atom. The van der Waals surface area contributed by atoms with E-state index in [9.17, 15) is 0 Å². The number of ether oxygens (including phenoxy) is 1. The summed E-state index contributed by atoms with van der Waals surface area (Å²) in [5, 5.41) is 3.92. The lowest BCUT2D eigenvalue weighted by Gasteiger charge is -2.12. The van der Waals surface area contributed by atoms with Crippen LogP contribution in [0.15, 0.2) is 4.52 Å². The number of aromatic nitrogens is 2. The first-order valence-corrected chi connectivity index (χ1v) is 5.35. The van der Waals surface area contributed by atoms with Gasteiger partial charge < -0.3 is 15.0 Å². The summed E-state index contributed by atoms with van der Waals surface area (Å²) in [5.41, 5.74) is 6.05. The minimum absolute atomic E-state index is 0.163. The molecule has 5 heteroatoms. The van der Waals surface area contributed by atoms with Crippen molar-refractivity contribution < 1.29 is 9.26 Å². The summed E-state index contributed by atoms with van der Waals surface area (Å²) < 4.78 is 10.4. The number of hydrogen-bond acceptors (Lipinski definition) is 5. The van der Waals surface area contributed by atoms with Gasteiger partial charge in [0.1, 0.15) is 0 Å². The van der Waals surface area contributed by atoms with Gasteiger partial charge in [-0.2, -0.15) is 4.98 Å². The summed E-state index contributed by atoms with van der Waals surface area (Å²) in [4.78, 5) is 4.30. The van der Waals surface area contributed by atoms with Gasteiger partial charge in [-0.15, -0.1) is 0 Å². The highest BCUT2D eigenvalue weighted by Crippen LogP contribution is 2.25. The smallest absolute Gasteiger partial charge is 0.229 e. The van der Waals surface area contributed by atoms with Crippen molar-refractivity contribution in [1.82, 2.24) is 10.1 Å². The van der Waals surface area contributed by atoms with Crippen LogP contribution in [0.1, 0.15) is 43.9 Å². The standard InChI is InChI=1S/C10H17N3O2/c1-6(2)10-12-9(13-15-10)8(11)7-3-4-14-5-7/h6-8H,3-5,11H2,1-2H3. The van der Waals surface area contributed by atoms with Gasteiger partial charge in [0.25, 0.3) is 0 Å². The summed E-state index contributed by atoms with van der Waals surface area (Å²) in [6.45, 7) is 5.52. The molecule has 0 radical (unpaired) electrons. The molecule has 1 aromatic heterocycles. The Hall–Kier alpha value is -0.940. The normalized spacial score (nSPS) is 23.6. The fraction of sp³-hybridized carbons (Fsp3) is 0.800. The van der Waals surface area contributed by atoms with Crippen molar-refractivity contribution in [3.05, 3.63) is 11.7 Å². The molecule has 1 saturated heterocycles. The van der Waals surface area contributed by atoms with E-state index in [1.165, 1.54) is 0 Å². The second-order valence-electron chi connectivity index (χ2n) is 4.29. The van der Waals surface area contributed by atoms with E-state index in [0.717, 1.165) is 13.0 Å². The van der Waals surface area contributed by atoms with E-state index in [4.69, 9.17) is 15.0 Å². The van der Waals surface area contributed by atoms with Crippen LogP contribution in [0.3, 0.4) is 0 Å². The van der Waals surface area contributed by atoms with Crippen LogP contribution in [0.25, 0.3) is 0 Å². The monoisotopic (exact) mass is 211 g/mol. The molecule has 0 saturated carbocycles. The van der Waals surface area contributed by atoms with Gasteiger partial charge in [-0.05, 0) is 6.42 Å². The average molecular weight is 211 g/mol. The molecule has 2 heterocycles. The first-order valence-electron chi connectivity index (χ1n) is 5.35. The number of rotatable bonds is 3. The van der Waals surface area contributed by atoms with Gasteiger partial charge in [-0.1, -0.05) is 19.0 Å². The summed E-state index contributed by atoms with van der Waals surface area (Å²) in [7, 11) is 0. The fourth-order valence-corrected chi connectivity index (χ4v) is 1.66. The van der Waals surface area contributed by atoms with Gasteiger partial charge >= 0.3 is 0 Å². The Kier molecular flexibility index (Phi) is 3.02. The van der Waals surface area contributed by atoms with Gasteiger partial charge in [-0.25, -0.2) is 0 Å². The molecule has 15 heavy (non-hydrogen) atoms. The SMILES string of the molecule is CC(C)c1nc(C(N)C2CCOC2)no1. The van der Waals surface area contributed by atoms with Crippen molar-refractivity contribution >= 4 is 0 Å². The Bertz CT molecular complexity index is 318. The molecule has 0 amide bonds. The molecule has 1 fully saturated rings. The summed E-state index contributed by atoms with van der Waals surface area (Å²) in [5.74, 6) is 1.83. The van der Waals surface area contributed by atoms with Crippen LogP contribution in [-0.4, -0.2) is 23.4 Å². The van der Waals surface area contributed by atoms with Crippen molar-refractivity contribution in [2.24, 2.45) is 11.7 Å². The third kappa shape index (κ3) is 2.18. The van der Waals surface area contributed by atoms with E-state index in [0.29, 0.717) is 24.2 Å². The van der Waals surface area contributed by atoms with Crippen molar-refractivity contribution in [3.8, 4) is 0 Å². The molecular weight excluding hydrogens is 194 g/mol. The van der Waals surface area contributed by atoms with E-state index < -0.39 is 0 Å². The summed E-state index contributed by atoms with van der Waals surface area (Å²) in [6.07, 6.45) is 0.979. The Morgan fingerprint density at radius 1 is 1.47 bits per heavy atom. The van der Waals surface area contributed by atoms with Crippen LogP contribution < -0.4 is 5.73 Å².